The van der Waals surface area contributed by atoms with Crippen LogP contribution in [0.3, 0.4) is 0 Å². The zero-order chi connectivity index (χ0) is 14.4. The number of alkyl halides is 2. The summed E-state index contributed by atoms with van der Waals surface area (Å²) in [5, 5.41) is 6.10. The maximum Gasteiger partial charge on any atom is 0.387 e. The highest BCUT2D eigenvalue weighted by atomic mass is 19.3. The predicted octanol–water partition coefficient (Wildman–Crippen LogP) is 2.02. The molecule has 1 saturated heterocycles. The molecule has 0 spiro atoms. The van der Waals surface area contributed by atoms with E-state index in [1.807, 2.05) is 0 Å². The second-order valence-corrected chi connectivity index (χ2v) is 4.81. The quantitative estimate of drug-likeness (QED) is 0.869. The third-order valence-electron chi connectivity index (χ3n) is 3.33. The molecule has 1 aliphatic rings. The number of rotatable bonds is 5. The van der Waals surface area contributed by atoms with E-state index in [1.165, 1.54) is 18.2 Å². The van der Waals surface area contributed by atoms with Gasteiger partial charge in [0.1, 0.15) is 5.75 Å². The number of hydrogen-bond acceptors (Lipinski definition) is 3. The van der Waals surface area contributed by atoms with E-state index in [4.69, 9.17) is 0 Å². The molecule has 0 aromatic heterocycles. The average molecular weight is 284 g/mol. The van der Waals surface area contributed by atoms with E-state index in [0.29, 0.717) is 18.0 Å². The standard InChI is InChI=1S/C14H18F2N2O2/c15-14(16)20-12-3-1-2-11(8-12)13(19)18-9-10-4-6-17-7-5-10/h1-3,8,10,14,17H,4-7,9H2,(H,18,19). The van der Waals surface area contributed by atoms with E-state index < -0.39 is 6.61 Å². The third-order valence-corrected chi connectivity index (χ3v) is 3.33. The molecule has 1 aromatic carbocycles. The van der Waals surface area contributed by atoms with Crippen LogP contribution in [0.2, 0.25) is 0 Å². The van der Waals surface area contributed by atoms with Crippen LogP contribution in [0.5, 0.6) is 5.75 Å². The van der Waals surface area contributed by atoms with Crippen LogP contribution in [-0.2, 0) is 0 Å². The van der Waals surface area contributed by atoms with E-state index in [0.717, 1.165) is 25.9 Å². The van der Waals surface area contributed by atoms with Crippen LogP contribution in [0.25, 0.3) is 0 Å². The molecule has 2 rings (SSSR count). The normalized spacial score (nSPS) is 16.1. The summed E-state index contributed by atoms with van der Waals surface area (Å²) in [6, 6.07) is 5.83. The molecule has 1 amide bonds. The molecule has 0 aliphatic carbocycles. The first-order valence-electron chi connectivity index (χ1n) is 6.69. The summed E-state index contributed by atoms with van der Waals surface area (Å²) in [6.45, 7) is -0.334. The fraction of sp³-hybridized carbons (Fsp3) is 0.500. The van der Waals surface area contributed by atoms with Crippen molar-refractivity contribution < 1.29 is 18.3 Å². The number of ether oxygens (including phenoxy) is 1. The fourth-order valence-electron chi connectivity index (χ4n) is 2.24. The Balaban J connectivity index is 1.88. The average Bonchev–Trinajstić information content (AvgIpc) is 2.45. The van der Waals surface area contributed by atoms with Gasteiger partial charge >= 0.3 is 6.61 Å². The van der Waals surface area contributed by atoms with Crippen LogP contribution >= 0.6 is 0 Å². The Morgan fingerprint density at radius 1 is 1.40 bits per heavy atom. The van der Waals surface area contributed by atoms with Crippen molar-refractivity contribution in [3.8, 4) is 5.75 Å². The molecule has 0 bridgehead atoms. The third kappa shape index (κ3) is 4.45. The lowest BCUT2D eigenvalue weighted by Gasteiger charge is -2.22. The first-order chi connectivity index (χ1) is 9.65. The minimum Gasteiger partial charge on any atom is -0.435 e. The largest absolute Gasteiger partial charge is 0.435 e. The SMILES string of the molecule is O=C(NCC1CCNCC1)c1cccc(OC(F)F)c1. The Labute approximate surface area is 116 Å². The van der Waals surface area contributed by atoms with Gasteiger partial charge < -0.3 is 15.4 Å². The van der Waals surface area contributed by atoms with Gasteiger partial charge in [0.25, 0.3) is 5.91 Å². The van der Waals surface area contributed by atoms with E-state index in [9.17, 15) is 13.6 Å². The van der Waals surface area contributed by atoms with Crippen molar-refractivity contribution in [2.45, 2.75) is 19.5 Å². The van der Waals surface area contributed by atoms with E-state index in [-0.39, 0.29) is 11.7 Å². The topological polar surface area (TPSA) is 50.4 Å². The fourth-order valence-corrected chi connectivity index (χ4v) is 2.24. The molecule has 6 heteroatoms. The van der Waals surface area contributed by atoms with Crippen molar-refractivity contribution in [1.82, 2.24) is 10.6 Å². The maximum atomic E-state index is 12.1. The lowest BCUT2D eigenvalue weighted by atomic mass is 9.98. The summed E-state index contributed by atoms with van der Waals surface area (Å²) < 4.78 is 28.5. The first kappa shape index (κ1) is 14.7. The highest BCUT2D eigenvalue weighted by Gasteiger charge is 2.15. The molecule has 0 atom stereocenters. The molecule has 0 unspecified atom stereocenters. The van der Waals surface area contributed by atoms with Gasteiger partial charge in [-0.05, 0) is 50.0 Å². The summed E-state index contributed by atoms with van der Waals surface area (Å²) in [4.78, 5) is 12.0. The lowest BCUT2D eigenvalue weighted by molar-refractivity contribution is -0.0498. The van der Waals surface area contributed by atoms with Crippen molar-refractivity contribution in [3.63, 3.8) is 0 Å². The van der Waals surface area contributed by atoms with Crippen molar-refractivity contribution in [2.24, 2.45) is 5.92 Å². The smallest absolute Gasteiger partial charge is 0.387 e. The summed E-state index contributed by atoms with van der Waals surface area (Å²) in [5.41, 5.74) is 0.331. The highest BCUT2D eigenvalue weighted by Crippen LogP contribution is 2.16. The zero-order valence-corrected chi connectivity index (χ0v) is 11.1. The summed E-state index contributed by atoms with van der Waals surface area (Å²) >= 11 is 0. The molecule has 20 heavy (non-hydrogen) atoms. The minimum absolute atomic E-state index is 0.00508. The Hall–Kier alpha value is -1.69. The van der Waals surface area contributed by atoms with Gasteiger partial charge in [0.2, 0.25) is 0 Å². The van der Waals surface area contributed by atoms with Crippen molar-refractivity contribution >= 4 is 5.91 Å². The van der Waals surface area contributed by atoms with Crippen LogP contribution in [0.15, 0.2) is 24.3 Å². The molecule has 1 aromatic rings. The molecule has 2 N–H and O–H groups in total. The number of carbonyl (C=O) groups excluding carboxylic acids is 1. The Kier molecular flexibility index (Phi) is 5.29. The van der Waals surface area contributed by atoms with Gasteiger partial charge in [0.15, 0.2) is 0 Å². The molecule has 1 fully saturated rings. The van der Waals surface area contributed by atoms with Crippen LogP contribution in [0.4, 0.5) is 8.78 Å². The summed E-state index contributed by atoms with van der Waals surface area (Å²) in [6.07, 6.45) is 2.07. The van der Waals surface area contributed by atoms with Crippen LogP contribution in [0.1, 0.15) is 23.2 Å². The van der Waals surface area contributed by atoms with E-state index in [1.54, 1.807) is 6.07 Å². The predicted molar refractivity (Wildman–Crippen MR) is 71.0 cm³/mol. The maximum absolute atomic E-state index is 12.1. The molecule has 1 heterocycles. The number of benzene rings is 1. The molecular weight excluding hydrogens is 266 g/mol. The number of amides is 1. The van der Waals surface area contributed by atoms with Crippen LogP contribution in [-0.4, -0.2) is 32.2 Å². The lowest BCUT2D eigenvalue weighted by Crippen LogP contribution is -2.35. The molecule has 110 valence electrons. The number of carbonyl (C=O) groups is 1. The van der Waals surface area contributed by atoms with Gasteiger partial charge in [-0.3, -0.25) is 4.79 Å². The van der Waals surface area contributed by atoms with Gasteiger partial charge in [0, 0.05) is 12.1 Å². The van der Waals surface area contributed by atoms with Gasteiger partial charge in [-0.1, -0.05) is 6.07 Å². The second-order valence-electron chi connectivity index (χ2n) is 4.81. The second kappa shape index (κ2) is 7.19. The Morgan fingerprint density at radius 2 is 2.15 bits per heavy atom. The van der Waals surface area contributed by atoms with Gasteiger partial charge in [0.05, 0.1) is 0 Å². The molecule has 1 aliphatic heterocycles. The molecular formula is C14H18F2N2O2. The van der Waals surface area contributed by atoms with Crippen LogP contribution < -0.4 is 15.4 Å². The Bertz CT molecular complexity index is 449. The van der Waals surface area contributed by atoms with E-state index in [2.05, 4.69) is 15.4 Å². The number of nitrogens with one attached hydrogen (secondary N) is 2. The summed E-state index contributed by atoms with van der Waals surface area (Å²) in [5.74, 6) is 0.207. The number of piperidine rings is 1. The minimum atomic E-state index is -2.89. The first-order valence-corrected chi connectivity index (χ1v) is 6.69. The molecule has 4 nitrogen and oxygen atoms in total. The highest BCUT2D eigenvalue weighted by molar-refractivity contribution is 5.94. The van der Waals surface area contributed by atoms with Gasteiger partial charge in [-0.2, -0.15) is 8.78 Å². The zero-order valence-electron chi connectivity index (χ0n) is 11.1. The number of halogens is 2. The van der Waals surface area contributed by atoms with Crippen molar-refractivity contribution in [1.29, 1.82) is 0 Å². The number of hydrogen-bond donors (Lipinski definition) is 2. The van der Waals surface area contributed by atoms with Crippen LogP contribution in [0, 0.1) is 5.92 Å². The van der Waals surface area contributed by atoms with E-state index >= 15 is 0 Å². The molecule has 0 saturated carbocycles. The molecule has 0 radical (unpaired) electrons. The van der Waals surface area contributed by atoms with Gasteiger partial charge in [-0.25, -0.2) is 0 Å². The summed E-state index contributed by atoms with van der Waals surface area (Å²) in [7, 11) is 0. The Morgan fingerprint density at radius 3 is 2.85 bits per heavy atom. The van der Waals surface area contributed by atoms with Crippen molar-refractivity contribution in [3.05, 3.63) is 29.8 Å². The van der Waals surface area contributed by atoms with Crippen molar-refractivity contribution in [2.75, 3.05) is 19.6 Å². The monoisotopic (exact) mass is 284 g/mol. The van der Waals surface area contributed by atoms with Gasteiger partial charge in [-0.15, -0.1) is 0 Å².